The summed E-state index contributed by atoms with van der Waals surface area (Å²) in [7, 11) is 0. The molecule has 0 aromatic carbocycles. The zero-order valence-electron chi connectivity index (χ0n) is 13.8. The zero-order valence-corrected chi connectivity index (χ0v) is 13.8. The molecule has 0 saturated carbocycles. The van der Waals surface area contributed by atoms with Crippen LogP contribution in [-0.2, 0) is 14.2 Å². The molecule has 124 valence electrons. The maximum absolute atomic E-state index is 12.1. The minimum Gasteiger partial charge on any atom is -0.444 e. The van der Waals surface area contributed by atoms with Crippen molar-refractivity contribution in [1.29, 1.82) is 0 Å². The highest BCUT2D eigenvalue weighted by molar-refractivity contribution is 5.68. The molecular formula is C15H29NO5. The van der Waals surface area contributed by atoms with Gasteiger partial charge in [0, 0.05) is 6.61 Å². The second-order valence-corrected chi connectivity index (χ2v) is 6.70. The normalized spacial score (nSPS) is 26.8. The predicted molar refractivity (Wildman–Crippen MR) is 79.0 cm³/mol. The van der Waals surface area contributed by atoms with Crippen LogP contribution in [0.1, 0.15) is 47.5 Å². The van der Waals surface area contributed by atoms with Crippen molar-refractivity contribution < 1.29 is 24.1 Å². The molecule has 0 aromatic rings. The van der Waals surface area contributed by atoms with Crippen LogP contribution in [0.2, 0.25) is 0 Å². The number of unbranched alkanes of at least 4 members (excludes halogenated alkanes) is 1. The van der Waals surface area contributed by atoms with Gasteiger partial charge in [-0.05, 0) is 34.1 Å². The number of morpholine rings is 1. The minimum atomic E-state index is -1.38. The van der Waals surface area contributed by atoms with Crippen molar-refractivity contribution >= 4 is 6.09 Å². The smallest absolute Gasteiger partial charge is 0.410 e. The fourth-order valence-corrected chi connectivity index (χ4v) is 2.11. The van der Waals surface area contributed by atoms with E-state index in [0.717, 1.165) is 12.8 Å². The van der Waals surface area contributed by atoms with Crippen LogP contribution in [0.5, 0.6) is 0 Å². The van der Waals surface area contributed by atoms with Gasteiger partial charge in [0.25, 0.3) is 0 Å². The summed E-state index contributed by atoms with van der Waals surface area (Å²) in [5.41, 5.74) is -0.561. The molecule has 0 aliphatic carbocycles. The number of hydrogen-bond donors (Lipinski definition) is 1. The summed E-state index contributed by atoms with van der Waals surface area (Å²) in [5, 5.41) is 10.1. The number of amides is 1. The van der Waals surface area contributed by atoms with Crippen molar-refractivity contribution in [2.75, 3.05) is 26.3 Å². The number of hydrogen-bond acceptors (Lipinski definition) is 5. The van der Waals surface area contributed by atoms with Crippen LogP contribution in [0.25, 0.3) is 0 Å². The average Bonchev–Trinajstić information content (AvgIpc) is 2.30. The molecule has 1 N–H and O–H groups in total. The Bertz CT molecular complexity index is 337. The highest BCUT2D eigenvalue weighted by atomic mass is 16.6. The molecule has 0 aromatic heterocycles. The molecule has 1 rings (SSSR count). The summed E-state index contributed by atoms with van der Waals surface area (Å²) < 4.78 is 16.4. The Morgan fingerprint density at radius 3 is 2.71 bits per heavy atom. The van der Waals surface area contributed by atoms with Gasteiger partial charge in [-0.2, -0.15) is 0 Å². The number of nitrogens with zero attached hydrogens (tertiary/aromatic N) is 1. The molecule has 1 saturated heterocycles. The lowest BCUT2D eigenvalue weighted by molar-refractivity contribution is -0.260. The Balaban J connectivity index is 2.55. The molecule has 6 nitrogen and oxygen atoms in total. The molecule has 1 amide bonds. The summed E-state index contributed by atoms with van der Waals surface area (Å²) in [5.74, 6) is -1.38. The van der Waals surface area contributed by atoms with Gasteiger partial charge < -0.3 is 24.2 Å². The monoisotopic (exact) mass is 303 g/mol. The number of aliphatic hydroxyl groups is 1. The van der Waals surface area contributed by atoms with E-state index in [1.807, 2.05) is 20.8 Å². The topological polar surface area (TPSA) is 68.2 Å². The summed E-state index contributed by atoms with van der Waals surface area (Å²) in [6.07, 6.45) is 1.26. The lowest BCUT2D eigenvalue weighted by Crippen LogP contribution is -2.57. The van der Waals surface area contributed by atoms with Gasteiger partial charge in [-0.25, -0.2) is 4.79 Å². The van der Waals surface area contributed by atoms with Crippen molar-refractivity contribution in [3.8, 4) is 0 Å². The molecule has 2 atom stereocenters. The molecule has 1 unspecified atom stereocenters. The van der Waals surface area contributed by atoms with E-state index in [2.05, 4.69) is 6.92 Å². The first kappa shape index (κ1) is 18.2. The molecule has 1 fully saturated rings. The Hall–Kier alpha value is -0.850. The summed E-state index contributed by atoms with van der Waals surface area (Å²) >= 11 is 0. The molecule has 0 bridgehead atoms. The quantitative estimate of drug-likeness (QED) is 0.788. The second kappa shape index (κ2) is 7.42. The molecule has 21 heavy (non-hydrogen) atoms. The van der Waals surface area contributed by atoms with Crippen LogP contribution in [0.3, 0.4) is 0 Å². The minimum absolute atomic E-state index is 0.0906. The Morgan fingerprint density at radius 1 is 1.48 bits per heavy atom. The van der Waals surface area contributed by atoms with E-state index in [-0.39, 0.29) is 12.6 Å². The fourth-order valence-electron chi connectivity index (χ4n) is 2.11. The standard InChI is InChI=1S/C15H29NO5/c1-6-7-8-19-10-12-9-16(11-15(5,18)20-12)13(17)21-14(2,3)4/h12,18H,6-11H2,1-5H3/t12-,15?/m1/s1. The van der Waals surface area contributed by atoms with Gasteiger partial charge in [-0.1, -0.05) is 13.3 Å². The number of rotatable bonds is 5. The number of β-amino-alcohol motifs (C(OH)–C–C–N with tert-alkyl or cyclic N) is 1. The summed E-state index contributed by atoms with van der Waals surface area (Å²) in [4.78, 5) is 13.6. The number of carbonyl (C=O) groups is 1. The third-order valence-electron chi connectivity index (χ3n) is 2.93. The Labute approximate surface area is 127 Å². The van der Waals surface area contributed by atoms with Crippen LogP contribution in [0, 0.1) is 0 Å². The van der Waals surface area contributed by atoms with E-state index in [0.29, 0.717) is 19.8 Å². The van der Waals surface area contributed by atoms with Crippen LogP contribution in [-0.4, -0.2) is 59.9 Å². The van der Waals surface area contributed by atoms with Crippen molar-refractivity contribution in [1.82, 2.24) is 4.90 Å². The van der Waals surface area contributed by atoms with Crippen molar-refractivity contribution in [2.24, 2.45) is 0 Å². The van der Waals surface area contributed by atoms with Crippen LogP contribution >= 0.6 is 0 Å². The van der Waals surface area contributed by atoms with E-state index in [4.69, 9.17) is 14.2 Å². The third-order valence-corrected chi connectivity index (χ3v) is 2.93. The van der Waals surface area contributed by atoms with Gasteiger partial charge in [0.2, 0.25) is 0 Å². The van der Waals surface area contributed by atoms with Gasteiger partial charge in [0.05, 0.1) is 19.7 Å². The molecule has 1 aliphatic rings. The lowest BCUT2D eigenvalue weighted by Gasteiger charge is -2.41. The number of ether oxygens (including phenoxy) is 3. The fraction of sp³-hybridized carbons (Fsp3) is 0.933. The van der Waals surface area contributed by atoms with E-state index >= 15 is 0 Å². The van der Waals surface area contributed by atoms with E-state index in [9.17, 15) is 9.90 Å². The van der Waals surface area contributed by atoms with Crippen molar-refractivity contribution in [2.45, 2.75) is 65.0 Å². The maximum atomic E-state index is 12.1. The molecule has 6 heteroatoms. The SMILES string of the molecule is CCCCOC[C@H]1CN(C(=O)OC(C)(C)C)CC(C)(O)O1. The lowest BCUT2D eigenvalue weighted by atomic mass is 10.2. The van der Waals surface area contributed by atoms with Gasteiger partial charge in [0.1, 0.15) is 11.7 Å². The van der Waals surface area contributed by atoms with E-state index in [1.165, 1.54) is 4.90 Å². The van der Waals surface area contributed by atoms with Gasteiger partial charge >= 0.3 is 6.09 Å². The molecule has 0 radical (unpaired) electrons. The molecule has 1 heterocycles. The molecule has 1 aliphatic heterocycles. The van der Waals surface area contributed by atoms with Crippen LogP contribution < -0.4 is 0 Å². The van der Waals surface area contributed by atoms with Gasteiger partial charge in [-0.15, -0.1) is 0 Å². The maximum Gasteiger partial charge on any atom is 0.410 e. The first-order chi connectivity index (χ1) is 9.63. The van der Waals surface area contributed by atoms with Gasteiger partial charge in [-0.3, -0.25) is 0 Å². The van der Waals surface area contributed by atoms with Gasteiger partial charge in [0.15, 0.2) is 5.79 Å². The van der Waals surface area contributed by atoms with Crippen LogP contribution in [0.4, 0.5) is 4.79 Å². The zero-order chi connectivity index (χ0) is 16.1. The van der Waals surface area contributed by atoms with Crippen LogP contribution in [0.15, 0.2) is 0 Å². The first-order valence-electron chi connectivity index (χ1n) is 7.59. The largest absolute Gasteiger partial charge is 0.444 e. The van der Waals surface area contributed by atoms with E-state index in [1.54, 1.807) is 6.92 Å². The highest BCUT2D eigenvalue weighted by Gasteiger charge is 2.39. The molecular weight excluding hydrogens is 274 g/mol. The Kier molecular flexibility index (Phi) is 6.43. The number of carbonyl (C=O) groups excluding carboxylic acids is 1. The predicted octanol–water partition coefficient (Wildman–Crippen LogP) is 2.15. The molecule has 0 spiro atoms. The summed E-state index contributed by atoms with van der Waals surface area (Å²) in [6, 6.07) is 0. The van der Waals surface area contributed by atoms with Crippen molar-refractivity contribution in [3.63, 3.8) is 0 Å². The summed E-state index contributed by atoms with van der Waals surface area (Å²) in [6.45, 7) is 10.5. The van der Waals surface area contributed by atoms with E-state index < -0.39 is 17.5 Å². The third kappa shape index (κ3) is 7.11. The first-order valence-corrected chi connectivity index (χ1v) is 7.59. The van der Waals surface area contributed by atoms with Crippen molar-refractivity contribution in [3.05, 3.63) is 0 Å². The average molecular weight is 303 g/mol. The Morgan fingerprint density at radius 2 is 2.14 bits per heavy atom. The second-order valence-electron chi connectivity index (χ2n) is 6.70. The highest BCUT2D eigenvalue weighted by Crippen LogP contribution is 2.21.